The topological polar surface area (TPSA) is 27.0 Å². The van der Waals surface area contributed by atoms with Gasteiger partial charge in [0.15, 0.2) is 23.3 Å². The predicted octanol–water partition coefficient (Wildman–Crippen LogP) is 4.50. The predicted molar refractivity (Wildman–Crippen MR) is 89.5 cm³/mol. The molecule has 0 unspecified atom stereocenters. The fraction of sp³-hybridized carbons (Fsp3) is 0.250. The number of piperidine rings is 1. The molecule has 26 heavy (non-hydrogen) atoms. The Hall–Kier alpha value is -2.99. The third-order valence-electron chi connectivity index (χ3n) is 4.30. The molecule has 2 aromatic rings. The van der Waals surface area contributed by atoms with Crippen molar-refractivity contribution in [3.63, 3.8) is 0 Å². The fourth-order valence-electron chi connectivity index (χ4n) is 2.88. The van der Waals surface area contributed by atoms with Gasteiger partial charge in [-0.25, -0.2) is 17.6 Å². The highest BCUT2D eigenvalue weighted by Gasteiger charge is 2.24. The minimum Gasteiger partial charge on any atom is -0.372 e. The molecule has 2 nitrogen and oxygen atoms in total. The molecule has 0 atom stereocenters. The maximum absolute atomic E-state index is 13.9. The number of hydrogen-bond donors (Lipinski definition) is 0. The second-order valence-electron chi connectivity index (χ2n) is 5.96. The summed E-state index contributed by atoms with van der Waals surface area (Å²) in [7, 11) is 0. The highest BCUT2D eigenvalue weighted by molar-refractivity contribution is 5.53. The van der Waals surface area contributed by atoms with Crippen molar-refractivity contribution in [2.75, 3.05) is 18.0 Å². The van der Waals surface area contributed by atoms with Crippen molar-refractivity contribution in [3.8, 4) is 17.9 Å². The summed E-state index contributed by atoms with van der Waals surface area (Å²) in [5, 5.41) is 8.58. The minimum atomic E-state index is -1.74. The SMILES string of the molecule is N#Cc1c(F)c(F)c(C#Cc2ccc(N3CCCCC3)cc2)c(F)c1F. The van der Waals surface area contributed by atoms with Crippen molar-refractivity contribution in [3.05, 3.63) is 64.2 Å². The van der Waals surface area contributed by atoms with Crippen LogP contribution in [0.5, 0.6) is 0 Å². The van der Waals surface area contributed by atoms with E-state index in [0.29, 0.717) is 5.56 Å². The van der Waals surface area contributed by atoms with Crippen molar-refractivity contribution in [2.45, 2.75) is 19.3 Å². The molecular weight excluding hydrogens is 344 g/mol. The van der Waals surface area contributed by atoms with E-state index in [9.17, 15) is 17.6 Å². The van der Waals surface area contributed by atoms with E-state index in [2.05, 4.69) is 16.7 Å². The van der Waals surface area contributed by atoms with E-state index in [1.807, 2.05) is 12.1 Å². The van der Waals surface area contributed by atoms with Gasteiger partial charge in [0.05, 0.1) is 0 Å². The first-order valence-corrected chi connectivity index (χ1v) is 8.16. The smallest absolute Gasteiger partial charge is 0.181 e. The molecule has 0 radical (unpaired) electrons. The standard InChI is InChI=1S/C20H14F4N2/c21-17-15(18(22)20(24)16(12-25)19(17)23)9-6-13-4-7-14(8-5-13)26-10-2-1-3-11-26/h4-5,7-8H,1-3,10-11H2. The van der Waals surface area contributed by atoms with E-state index in [-0.39, 0.29) is 0 Å². The van der Waals surface area contributed by atoms with Gasteiger partial charge < -0.3 is 4.90 Å². The first kappa shape index (κ1) is 17.8. The molecule has 2 aromatic carbocycles. The minimum absolute atomic E-state index is 0.453. The van der Waals surface area contributed by atoms with Gasteiger partial charge >= 0.3 is 0 Å². The van der Waals surface area contributed by atoms with Gasteiger partial charge in [-0.1, -0.05) is 11.8 Å². The summed E-state index contributed by atoms with van der Waals surface area (Å²) in [5.74, 6) is -2.19. The van der Waals surface area contributed by atoms with Crippen molar-refractivity contribution >= 4 is 5.69 Å². The van der Waals surface area contributed by atoms with Gasteiger partial charge in [-0.2, -0.15) is 5.26 Å². The van der Waals surface area contributed by atoms with Crippen molar-refractivity contribution in [2.24, 2.45) is 0 Å². The number of benzene rings is 2. The van der Waals surface area contributed by atoms with Crippen LogP contribution in [0.1, 0.15) is 36.0 Å². The Bertz CT molecular complexity index is 898. The molecule has 0 amide bonds. The Morgan fingerprint density at radius 2 is 1.27 bits per heavy atom. The lowest BCUT2D eigenvalue weighted by Gasteiger charge is -2.28. The maximum Gasteiger partial charge on any atom is 0.181 e. The zero-order chi connectivity index (χ0) is 18.7. The molecule has 1 fully saturated rings. The Labute approximate surface area is 148 Å². The highest BCUT2D eigenvalue weighted by atomic mass is 19.2. The molecular formula is C20H14F4N2. The number of nitrogens with zero attached hydrogens (tertiary/aromatic N) is 2. The molecule has 0 bridgehead atoms. The molecule has 0 N–H and O–H groups in total. The summed E-state index contributed by atoms with van der Waals surface area (Å²) < 4.78 is 54.9. The van der Waals surface area contributed by atoms with Crippen LogP contribution in [0.2, 0.25) is 0 Å². The van der Waals surface area contributed by atoms with E-state index in [1.165, 1.54) is 6.42 Å². The van der Waals surface area contributed by atoms with Gasteiger partial charge in [-0.05, 0) is 43.5 Å². The number of halogens is 4. The molecule has 0 aliphatic carbocycles. The normalized spacial score (nSPS) is 13.7. The molecule has 1 saturated heterocycles. The van der Waals surface area contributed by atoms with Gasteiger partial charge in [0.2, 0.25) is 0 Å². The van der Waals surface area contributed by atoms with Crippen LogP contribution in [0.3, 0.4) is 0 Å². The van der Waals surface area contributed by atoms with Gasteiger partial charge in [0, 0.05) is 24.3 Å². The molecule has 1 aliphatic heterocycles. The van der Waals surface area contributed by atoms with Crippen LogP contribution >= 0.6 is 0 Å². The van der Waals surface area contributed by atoms with Crippen LogP contribution in [-0.2, 0) is 0 Å². The van der Waals surface area contributed by atoms with E-state index in [4.69, 9.17) is 5.26 Å². The second-order valence-corrected chi connectivity index (χ2v) is 5.96. The largest absolute Gasteiger partial charge is 0.372 e. The quantitative estimate of drug-likeness (QED) is 0.426. The Morgan fingerprint density at radius 1 is 0.731 bits per heavy atom. The van der Waals surface area contributed by atoms with Crippen molar-refractivity contribution < 1.29 is 17.6 Å². The van der Waals surface area contributed by atoms with Crippen LogP contribution in [0.25, 0.3) is 0 Å². The van der Waals surface area contributed by atoms with E-state index >= 15 is 0 Å². The van der Waals surface area contributed by atoms with Gasteiger partial charge in [-0.15, -0.1) is 0 Å². The maximum atomic E-state index is 13.9. The summed E-state index contributed by atoms with van der Waals surface area (Å²) in [6, 6.07) is 8.17. The molecule has 6 heteroatoms. The third kappa shape index (κ3) is 3.36. The van der Waals surface area contributed by atoms with Gasteiger partial charge in [0.25, 0.3) is 0 Å². The van der Waals surface area contributed by atoms with Gasteiger partial charge in [-0.3, -0.25) is 0 Å². The Morgan fingerprint density at radius 3 is 1.81 bits per heavy atom. The Kier molecular flexibility index (Phi) is 5.14. The lowest BCUT2D eigenvalue weighted by Crippen LogP contribution is -2.29. The zero-order valence-electron chi connectivity index (χ0n) is 13.8. The molecule has 0 saturated carbocycles. The summed E-state index contributed by atoms with van der Waals surface area (Å²) in [4.78, 5) is 2.24. The molecule has 1 heterocycles. The first-order valence-electron chi connectivity index (χ1n) is 8.16. The zero-order valence-corrected chi connectivity index (χ0v) is 13.8. The number of hydrogen-bond acceptors (Lipinski definition) is 2. The summed E-state index contributed by atoms with van der Waals surface area (Å²) >= 11 is 0. The van der Waals surface area contributed by atoms with Gasteiger partial charge in [0.1, 0.15) is 17.2 Å². The van der Waals surface area contributed by atoms with E-state index < -0.39 is 34.4 Å². The Balaban J connectivity index is 1.89. The molecule has 132 valence electrons. The van der Waals surface area contributed by atoms with Crippen LogP contribution < -0.4 is 4.90 Å². The monoisotopic (exact) mass is 358 g/mol. The fourth-order valence-corrected chi connectivity index (χ4v) is 2.88. The highest BCUT2D eigenvalue weighted by Crippen LogP contribution is 2.23. The number of anilines is 1. The summed E-state index contributed by atoms with van der Waals surface area (Å²) in [6.07, 6.45) is 3.49. The number of nitriles is 1. The average molecular weight is 358 g/mol. The van der Waals surface area contributed by atoms with Crippen LogP contribution in [0.4, 0.5) is 23.2 Å². The van der Waals surface area contributed by atoms with Crippen molar-refractivity contribution in [1.82, 2.24) is 0 Å². The molecule has 0 aromatic heterocycles. The summed E-state index contributed by atoms with van der Waals surface area (Å²) in [5.41, 5.74) is -0.839. The van der Waals surface area contributed by atoms with Crippen molar-refractivity contribution in [1.29, 1.82) is 5.26 Å². The van der Waals surface area contributed by atoms with Crippen LogP contribution in [0.15, 0.2) is 24.3 Å². The molecule has 1 aliphatic rings. The molecule has 0 spiro atoms. The lowest BCUT2D eigenvalue weighted by atomic mass is 10.1. The lowest BCUT2D eigenvalue weighted by molar-refractivity contribution is 0.447. The van der Waals surface area contributed by atoms with E-state index in [0.717, 1.165) is 37.7 Å². The first-order chi connectivity index (χ1) is 12.5. The summed E-state index contributed by atoms with van der Waals surface area (Å²) in [6.45, 7) is 1.95. The number of rotatable bonds is 1. The van der Waals surface area contributed by atoms with Crippen LogP contribution in [-0.4, -0.2) is 13.1 Å². The third-order valence-corrected chi connectivity index (χ3v) is 4.30. The molecule has 3 rings (SSSR count). The van der Waals surface area contributed by atoms with E-state index in [1.54, 1.807) is 12.1 Å². The second kappa shape index (κ2) is 7.49. The van der Waals surface area contributed by atoms with Crippen LogP contribution in [0, 0.1) is 46.4 Å². The average Bonchev–Trinajstić information content (AvgIpc) is 2.68.